The summed E-state index contributed by atoms with van der Waals surface area (Å²) in [5, 5.41) is 3.93. The number of H-pyrrole nitrogens is 1. The molecule has 21 heavy (non-hydrogen) atoms. The number of carbonyl (C=O) groups is 1. The van der Waals surface area contributed by atoms with Crippen molar-refractivity contribution in [3.05, 3.63) is 59.9 Å². The number of rotatable bonds is 4. The van der Waals surface area contributed by atoms with E-state index in [4.69, 9.17) is 4.74 Å². The van der Waals surface area contributed by atoms with Crippen LogP contribution in [0.15, 0.2) is 48.8 Å². The highest BCUT2D eigenvalue weighted by molar-refractivity contribution is 5.94. The van der Waals surface area contributed by atoms with E-state index in [0.717, 1.165) is 22.3 Å². The number of aromatic amines is 1. The van der Waals surface area contributed by atoms with Crippen LogP contribution in [0.5, 0.6) is 5.75 Å². The molecular weight excluding hydrogens is 266 g/mol. The largest absolute Gasteiger partial charge is 0.497 e. The maximum Gasteiger partial charge on any atom is 0.251 e. The van der Waals surface area contributed by atoms with E-state index >= 15 is 0 Å². The molecule has 0 atom stereocenters. The lowest BCUT2D eigenvalue weighted by Gasteiger charge is -2.07. The molecule has 2 heterocycles. The van der Waals surface area contributed by atoms with Crippen molar-refractivity contribution in [3.8, 4) is 5.75 Å². The number of carbonyl (C=O) groups excluding carboxylic acids is 1. The van der Waals surface area contributed by atoms with Crippen LogP contribution in [0.2, 0.25) is 0 Å². The van der Waals surface area contributed by atoms with E-state index in [-0.39, 0.29) is 5.91 Å². The van der Waals surface area contributed by atoms with Crippen LogP contribution in [0.4, 0.5) is 0 Å². The maximum atomic E-state index is 12.1. The highest BCUT2D eigenvalue weighted by atomic mass is 16.5. The van der Waals surface area contributed by atoms with E-state index in [2.05, 4.69) is 15.3 Å². The lowest BCUT2D eigenvalue weighted by molar-refractivity contribution is 0.0951. The van der Waals surface area contributed by atoms with Gasteiger partial charge in [0.15, 0.2) is 0 Å². The molecule has 1 aromatic carbocycles. The number of fused-ring (bicyclic) bond motifs is 1. The summed E-state index contributed by atoms with van der Waals surface area (Å²) in [7, 11) is 1.60. The standard InChI is InChI=1S/C16H15N3O2/c1-21-13-4-2-11(3-5-13)16(20)19-10-12-6-8-17-15-14(12)7-9-18-15/h2-9H,10H2,1H3,(H,17,18)(H,19,20). The van der Waals surface area contributed by atoms with Gasteiger partial charge in [-0.25, -0.2) is 4.98 Å². The van der Waals surface area contributed by atoms with Crippen molar-refractivity contribution in [2.24, 2.45) is 0 Å². The molecule has 3 aromatic rings. The summed E-state index contributed by atoms with van der Waals surface area (Å²) in [5.41, 5.74) is 2.46. The third-order valence-electron chi connectivity index (χ3n) is 3.34. The number of nitrogens with zero attached hydrogens (tertiary/aromatic N) is 1. The molecule has 0 aliphatic rings. The van der Waals surface area contributed by atoms with E-state index in [9.17, 15) is 4.79 Å². The van der Waals surface area contributed by atoms with Crippen LogP contribution in [-0.4, -0.2) is 23.0 Å². The molecule has 0 spiro atoms. The molecule has 2 N–H and O–H groups in total. The number of nitrogens with one attached hydrogen (secondary N) is 2. The first-order chi connectivity index (χ1) is 10.3. The van der Waals surface area contributed by atoms with E-state index in [1.807, 2.05) is 18.3 Å². The van der Waals surface area contributed by atoms with Crippen LogP contribution < -0.4 is 10.1 Å². The van der Waals surface area contributed by atoms with Gasteiger partial charge in [0.2, 0.25) is 0 Å². The number of benzene rings is 1. The van der Waals surface area contributed by atoms with Crippen molar-refractivity contribution in [1.29, 1.82) is 0 Å². The van der Waals surface area contributed by atoms with Crippen molar-refractivity contribution in [2.45, 2.75) is 6.54 Å². The minimum absolute atomic E-state index is 0.113. The Bertz CT molecular complexity index is 763. The molecule has 2 aromatic heterocycles. The lowest BCUT2D eigenvalue weighted by atomic mass is 10.1. The smallest absolute Gasteiger partial charge is 0.251 e. The van der Waals surface area contributed by atoms with Gasteiger partial charge in [-0.2, -0.15) is 0 Å². The molecule has 0 radical (unpaired) electrons. The Balaban J connectivity index is 1.71. The Hall–Kier alpha value is -2.82. The summed E-state index contributed by atoms with van der Waals surface area (Å²) in [6.45, 7) is 0.460. The van der Waals surface area contributed by atoms with Crippen molar-refractivity contribution < 1.29 is 9.53 Å². The summed E-state index contributed by atoms with van der Waals surface area (Å²) < 4.78 is 5.08. The van der Waals surface area contributed by atoms with Crippen LogP contribution in [0, 0.1) is 0 Å². The van der Waals surface area contributed by atoms with Gasteiger partial charge >= 0.3 is 0 Å². The Morgan fingerprint density at radius 3 is 2.81 bits per heavy atom. The van der Waals surface area contributed by atoms with Crippen molar-refractivity contribution in [1.82, 2.24) is 15.3 Å². The fourth-order valence-corrected chi connectivity index (χ4v) is 2.19. The monoisotopic (exact) mass is 281 g/mol. The minimum atomic E-state index is -0.113. The zero-order chi connectivity index (χ0) is 14.7. The van der Waals surface area contributed by atoms with Crippen LogP contribution in [0.25, 0.3) is 11.0 Å². The van der Waals surface area contributed by atoms with Gasteiger partial charge in [-0.3, -0.25) is 4.79 Å². The molecule has 1 amide bonds. The molecular formula is C16H15N3O2. The molecule has 0 aliphatic heterocycles. The highest BCUT2D eigenvalue weighted by Gasteiger charge is 2.07. The van der Waals surface area contributed by atoms with Gasteiger partial charge in [-0.1, -0.05) is 0 Å². The second-order valence-corrected chi connectivity index (χ2v) is 4.62. The Morgan fingerprint density at radius 1 is 1.24 bits per heavy atom. The predicted molar refractivity (Wildman–Crippen MR) is 80.3 cm³/mol. The van der Waals surface area contributed by atoms with Crippen LogP contribution >= 0.6 is 0 Å². The summed E-state index contributed by atoms with van der Waals surface area (Å²) in [4.78, 5) is 19.4. The minimum Gasteiger partial charge on any atom is -0.497 e. The molecule has 0 saturated heterocycles. The van der Waals surface area contributed by atoms with Crippen LogP contribution in [0.3, 0.4) is 0 Å². The molecule has 0 unspecified atom stereocenters. The topological polar surface area (TPSA) is 67.0 Å². The average Bonchev–Trinajstić information content (AvgIpc) is 3.02. The molecule has 0 aliphatic carbocycles. The third kappa shape index (κ3) is 2.72. The number of hydrogen-bond donors (Lipinski definition) is 2. The predicted octanol–water partition coefficient (Wildman–Crippen LogP) is 2.50. The normalized spacial score (nSPS) is 10.5. The average molecular weight is 281 g/mol. The number of amides is 1. The molecule has 106 valence electrons. The van der Waals surface area contributed by atoms with E-state index in [1.165, 1.54) is 0 Å². The number of methoxy groups -OCH3 is 1. The van der Waals surface area contributed by atoms with Crippen molar-refractivity contribution >= 4 is 16.9 Å². The Kier molecular flexibility index (Phi) is 3.55. The Morgan fingerprint density at radius 2 is 2.05 bits per heavy atom. The molecule has 5 nitrogen and oxygen atoms in total. The Labute approximate surface area is 122 Å². The molecule has 3 rings (SSSR count). The summed E-state index contributed by atoms with van der Waals surface area (Å²) in [6.07, 6.45) is 3.57. The zero-order valence-electron chi connectivity index (χ0n) is 11.6. The summed E-state index contributed by atoms with van der Waals surface area (Å²) >= 11 is 0. The number of hydrogen-bond acceptors (Lipinski definition) is 3. The van der Waals surface area contributed by atoms with Gasteiger partial charge in [0.25, 0.3) is 5.91 Å². The number of pyridine rings is 1. The highest BCUT2D eigenvalue weighted by Crippen LogP contribution is 2.15. The van der Waals surface area contributed by atoms with Gasteiger partial charge in [0.1, 0.15) is 11.4 Å². The van der Waals surface area contributed by atoms with Gasteiger partial charge in [0, 0.05) is 29.9 Å². The summed E-state index contributed by atoms with van der Waals surface area (Å²) in [6, 6.07) is 10.9. The van der Waals surface area contributed by atoms with Gasteiger partial charge < -0.3 is 15.0 Å². The number of ether oxygens (including phenoxy) is 1. The van der Waals surface area contributed by atoms with E-state index < -0.39 is 0 Å². The first kappa shape index (κ1) is 13.2. The maximum absolute atomic E-state index is 12.1. The second-order valence-electron chi connectivity index (χ2n) is 4.62. The van der Waals surface area contributed by atoms with Gasteiger partial charge in [-0.15, -0.1) is 0 Å². The van der Waals surface area contributed by atoms with Gasteiger partial charge in [-0.05, 0) is 42.0 Å². The third-order valence-corrected chi connectivity index (χ3v) is 3.34. The molecule has 5 heteroatoms. The molecule has 0 bridgehead atoms. The second kappa shape index (κ2) is 5.66. The first-order valence-electron chi connectivity index (χ1n) is 6.61. The van der Waals surface area contributed by atoms with Crippen LogP contribution in [0.1, 0.15) is 15.9 Å². The molecule has 0 fully saturated rings. The SMILES string of the molecule is COc1ccc(C(=O)NCc2ccnc3[nH]ccc23)cc1. The number of aromatic nitrogens is 2. The lowest BCUT2D eigenvalue weighted by Crippen LogP contribution is -2.22. The quantitative estimate of drug-likeness (QED) is 0.772. The van der Waals surface area contributed by atoms with Crippen LogP contribution in [-0.2, 0) is 6.54 Å². The van der Waals surface area contributed by atoms with Gasteiger partial charge in [0.05, 0.1) is 7.11 Å². The van der Waals surface area contributed by atoms with Crippen molar-refractivity contribution in [3.63, 3.8) is 0 Å². The fraction of sp³-hybridized carbons (Fsp3) is 0.125. The summed E-state index contributed by atoms with van der Waals surface area (Å²) in [5.74, 6) is 0.618. The zero-order valence-corrected chi connectivity index (χ0v) is 11.6. The first-order valence-corrected chi connectivity index (χ1v) is 6.61. The van der Waals surface area contributed by atoms with E-state index in [0.29, 0.717) is 12.1 Å². The van der Waals surface area contributed by atoms with E-state index in [1.54, 1.807) is 37.6 Å². The van der Waals surface area contributed by atoms with Crippen molar-refractivity contribution in [2.75, 3.05) is 7.11 Å². The molecule has 0 saturated carbocycles. The fourth-order valence-electron chi connectivity index (χ4n) is 2.19.